The van der Waals surface area contributed by atoms with Gasteiger partial charge in [-0.1, -0.05) is 26.5 Å². The number of hydrogen-bond acceptors (Lipinski definition) is 1. The molecule has 0 aliphatic carbocycles. The fourth-order valence-corrected chi connectivity index (χ4v) is 1.25. The van der Waals surface area contributed by atoms with Gasteiger partial charge in [0.25, 0.3) is 0 Å². The van der Waals surface area contributed by atoms with Crippen molar-refractivity contribution in [1.82, 2.24) is 4.98 Å². The van der Waals surface area contributed by atoms with Gasteiger partial charge in [0.2, 0.25) is 0 Å². The van der Waals surface area contributed by atoms with Crippen LogP contribution in [0.25, 0.3) is 6.08 Å². The van der Waals surface area contributed by atoms with Crippen LogP contribution in [0.5, 0.6) is 0 Å². The van der Waals surface area contributed by atoms with E-state index in [0.29, 0.717) is 5.92 Å². The molecule has 1 aromatic rings. The molecule has 1 aromatic heterocycles. The number of rotatable bonds is 3. The molecule has 0 unspecified atom stereocenters. The Balaban J connectivity index is 2.89. The molecule has 0 spiro atoms. The van der Waals surface area contributed by atoms with E-state index in [-0.39, 0.29) is 0 Å². The van der Waals surface area contributed by atoms with Crippen molar-refractivity contribution < 1.29 is 0 Å². The fourth-order valence-electron chi connectivity index (χ4n) is 1.25. The summed E-state index contributed by atoms with van der Waals surface area (Å²) in [5.74, 6) is 0.674. The van der Waals surface area contributed by atoms with Crippen LogP contribution in [-0.4, -0.2) is 4.98 Å². The molecule has 0 aromatic carbocycles. The summed E-state index contributed by atoms with van der Waals surface area (Å²) in [6, 6.07) is 4.09. The third kappa shape index (κ3) is 2.19. The summed E-state index contributed by atoms with van der Waals surface area (Å²) < 4.78 is 0. The first-order valence-corrected chi connectivity index (χ1v) is 4.30. The highest BCUT2D eigenvalue weighted by Gasteiger charge is 2.01. The quantitative estimate of drug-likeness (QED) is 0.664. The topological polar surface area (TPSA) is 12.9 Å². The van der Waals surface area contributed by atoms with Gasteiger partial charge >= 0.3 is 0 Å². The molecule has 0 aliphatic rings. The van der Waals surface area contributed by atoms with Crippen molar-refractivity contribution in [3.05, 3.63) is 36.2 Å². The number of aromatic nitrogens is 1. The second-order valence-corrected chi connectivity index (χ2v) is 3.35. The average molecular weight is 161 g/mol. The monoisotopic (exact) mass is 161 g/mol. The molecule has 12 heavy (non-hydrogen) atoms. The van der Waals surface area contributed by atoms with E-state index in [1.165, 1.54) is 5.56 Å². The Kier molecular flexibility index (Phi) is 3.03. The van der Waals surface area contributed by atoms with Crippen molar-refractivity contribution in [2.45, 2.75) is 20.3 Å². The fraction of sp³-hybridized carbons (Fsp3) is 0.364. The van der Waals surface area contributed by atoms with E-state index in [1.54, 1.807) is 6.20 Å². The van der Waals surface area contributed by atoms with Crippen LogP contribution in [-0.2, 0) is 6.42 Å². The first-order valence-electron chi connectivity index (χ1n) is 4.30. The predicted molar refractivity (Wildman–Crippen MR) is 52.9 cm³/mol. The molecule has 0 saturated heterocycles. The summed E-state index contributed by atoms with van der Waals surface area (Å²) in [4.78, 5) is 4.23. The molecular weight excluding hydrogens is 146 g/mol. The van der Waals surface area contributed by atoms with Gasteiger partial charge in [0.15, 0.2) is 0 Å². The van der Waals surface area contributed by atoms with Gasteiger partial charge in [0.05, 0.1) is 5.69 Å². The highest BCUT2D eigenvalue weighted by Crippen LogP contribution is 2.11. The lowest BCUT2D eigenvalue weighted by Crippen LogP contribution is -1.97. The molecule has 64 valence electrons. The van der Waals surface area contributed by atoms with Crippen molar-refractivity contribution >= 4 is 6.08 Å². The molecule has 0 atom stereocenters. The summed E-state index contributed by atoms with van der Waals surface area (Å²) in [5.41, 5.74) is 2.31. The Morgan fingerprint density at radius 1 is 1.58 bits per heavy atom. The Hall–Kier alpha value is -1.11. The van der Waals surface area contributed by atoms with Gasteiger partial charge in [-0.05, 0) is 30.0 Å². The van der Waals surface area contributed by atoms with Crippen LogP contribution in [0.4, 0.5) is 0 Å². The lowest BCUT2D eigenvalue weighted by molar-refractivity contribution is 0.645. The molecule has 1 heteroatoms. The van der Waals surface area contributed by atoms with E-state index in [4.69, 9.17) is 0 Å². The maximum atomic E-state index is 4.23. The zero-order valence-corrected chi connectivity index (χ0v) is 7.75. The van der Waals surface area contributed by atoms with Gasteiger partial charge in [-0.3, -0.25) is 4.98 Å². The average Bonchev–Trinajstić information content (AvgIpc) is 2.04. The van der Waals surface area contributed by atoms with Crippen molar-refractivity contribution in [3.8, 4) is 0 Å². The van der Waals surface area contributed by atoms with Crippen LogP contribution >= 0.6 is 0 Å². The second-order valence-electron chi connectivity index (χ2n) is 3.35. The zero-order valence-electron chi connectivity index (χ0n) is 7.75. The van der Waals surface area contributed by atoms with Crippen LogP contribution in [0.15, 0.2) is 24.9 Å². The zero-order chi connectivity index (χ0) is 8.97. The molecule has 0 N–H and O–H groups in total. The van der Waals surface area contributed by atoms with Crippen LogP contribution < -0.4 is 0 Å². The minimum atomic E-state index is 0.674. The van der Waals surface area contributed by atoms with Crippen LogP contribution in [0.1, 0.15) is 25.1 Å². The summed E-state index contributed by atoms with van der Waals surface area (Å²) >= 11 is 0. The molecule has 0 saturated carbocycles. The highest BCUT2D eigenvalue weighted by molar-refractivity contribution is 5.46. The third-order valence-corrected chi connectivity index (χ3v) is 1.75. The van der Waals surface area contributed by atoms with Crippen LogP contribution in [0.3, 0.4) is 0 Å². The molecule has 1 nitrogen and oxygen atoms in total. The largest absolute Gasteiger partial charge is 0.257 e. The molecule has 1 heterocycles. The van der Waals surface area contributed by atoms with E-state index >= 15 is 0 Å². The van der Waals surface area contributed by atoms with Crippen molar-refractivity contribution in [1.29, 1.82) is 0 Å². The molecule has 0 aliphatic heterocycles. The predicted octanol–water partition coefficient (Wildman–Crippen LogP) is 2.92. The lowest BCUT2D eigenvalue weighted by Gasteiger charge is -2.06. The second kappa shape index (κ2) is 4.05. The molecule has 0 bridgehead atoms. The smallest absolute Gasteiger partial charge is 0.0655 e. The summed E-state index contributed by atoms with van der Waals surface area (Å²) in [6.07, 6.45) is 4.70. The Labute approximate surface area is 74.2 Å². The van der Waals surface area contributed by atoms with E-state index in [2.05, 4.69) is 31.5 Å². The Bertz CT molecular complexity index is 263. The number of nitrogens with zero attached hydrogens (tertiary/aromatic N) is 1. The minimum Gasteiger partial charge on any atom is -0.257 e. The molecular formula is C11H15N. The van der Waals surface area contributed by atoms with Gasteiger partial charge in [-0.2, -0.15) is 0 Å². The van der Waals surface area contributed by atoms with Gasteiger partial charge in [-0.15, -0.1) is 0 Å². The Morgan fingerprint density at radius 3 is 2.92 bits per heavy atom. The number of hydrogen-bond donors (Lipinski definition) is 0. The van der Waals surface area contributed by atoms with Gasteiger partial charge in [0, 0.05) is 6.20 Å². The minimum absolute atomic E-state index is 0.674. The SMILES string of the molecule is C=Cc1ncccc1CC(C)C. The van der Waals surface area contributed by atoms with E-state index in [0.717, 1.165) is 12.1 Å². The summed E-state index contributed by atoms with van der Waals surface area (Å²) in [5, 5.41) is 0. The maximum absolute atomic E-state index is 4.23. The van der Waals surface area contributed by atoms with Crippen molar-refractivity contribution in [2.24, 2.45) is 5.92 Å². The first kappa shape index (κ1) is 8.98. The molecule has 0 radical (unpaired) electrons. The van der Waals surface area contributed by atoms with E-state index in [9.17, 15) is 0 Å². The van der Waals surface area contributed by atoms with Crippen LogP contribution in [0.2, 0.25) is 0 Å². The highest BCUT2D eigenvalue weighted by atomic mass is 14.7. The number of pyridine rings is 1. The van der Waals surface area contributed by atoms with Crippen LogP contribution in [0, 0.1) is 5.92 Å². The standard InChI is InChI=1S/C11H15N/c1-4-11-10(8-9(2)3)6-5-7-12-11/h4-7,9H,1,8H2,2-3H3. The summed E-state index contributed by atoms with van der Waals surface area (Å²) in [7, 11) is 0. The van der Waals surface area contributed by atoms with Crippen molar-refractivity contribution in [3.63, 3.8) is 0 Å². The van der Waals surface area contributed by atoms with Gasteiger partial charge in [-0.25, -0.2) is 0 Å². The molecule has 0 amide bonds. The first-order chi connectivity index (χ1) is 5.74. The van der Waals surface area contributed by atoms with Gasteiger partial charge in [0.1, 0.15) is 0 Å². The van der Waals surface area contributed by atoms with Crippen molar-refractivity contribution in [2.75, 3.05) is 0 Å². The molecule has 0 fully saturated rings. The Morgan fingerprint density at radius 2 is 2.33 bits per heavy atom. The normalized spacial score (nSPS) is 10.2. The van der Waals surface area contributed by atoms with E-state index < -0.39 is 0 Å². The van der Waals surface area contributed by atoms with E-state index in [1.807, 2.05) is 12.1 Å². The maximum Gasteiger partial charge on any atom is 0.0655 e. The van der Waals surface area contributed by atoms with Gasteiger partial charge < -0.3 is 0 Å². The summed E-state index contributed by atoms with van der Waals surface area (Å²) in [6.45, 7) is 8.15. The molecule has 1 rings (SSSR count). The third-order valence-electron chi connectivity index (χ3n) is 1.75. The lowest BCUT2D eigenvalue weighted by atomic mass is 10.0.